The monoisotopic (exact) mass is 206 g/mol. The average molecular weight is 206 g/mol. The smallest absolute Gasteiger partial charge is 0.258 e. The second-order valence-corrected chi connectivity index (χ2v) is 5.29. The van der Waals surface area contributed by atoms with E-state index >= 15 is 0 Å². The Hall–Kier alpha value is 1.53. The fourth-order valence-corrected chi connectivity index (χ4v) is 1.81. The summed E-state index contributed by atoms with van der Waals surface area (Å²) < 4.78 is 4.68. The molecule has 0 aliphatic heterocycles. The van der Waals surface area contributed by atoms with Crippen molar-refractivity contribution in [3.63, 3.8) is 0 Å². The molecule has 0 aromatic heterocycles. The molecule has 2 unspecified atom stereocenters. The molecule has 11 heavy (non-hydrogen) atoms. The quantitative estimate of drug-likeness (QED) is 0.528. The van der Waals surface area contributed by atoms with Gasteiger partial charge >= 0.3 is 0 Å². The van der Waals surface area contributed by atoms with Crippen LogP contribution >= 0.6 is 6.64 Å². The van der Waals surface area contributed by atoms with Crippen molar-refractivity contribution in [3.8, 4) is 0 Å². The van der Waals surface area contributed by atoms with E-state index in [-0.39, 0.29) is 35.6 Å². The zero-order chi connectivity index (χ0) is 8.20. The first-order valence-electron chi connectivity index (χ1n) is 3.18. The molecule has 0 heterocycles. The fourth-order valence-electron chi connectivity index (χ4n) is 0.422. The van der Waals surface area contributed by atoms with Gasteiger partial charge in [0.05, 0.1) is 0 Å². The molecule has 6 heteroatoms. The molecule has 1 radical (unpaired) electrons. The van der Waals surface area contributed by atoms with Crippen LogP contribution in [0.2, 0.25) is 0 Å². The van der Waals surface area contributed by atoms with E-state index in [2.05, 4.69) is 9.61 Å². The Bertz CT molecular complexity index is 146. The van der Waals surface area contributed by atoms with Gasteiger partial charge in [0.15, 0.2) is 0 Å². The van der Waals surface area contributed by atoms with Crippen LogP contribution in [-0.4, -0.2) is 47.6 Å². The minimum atomic E-state index is -2.66. The summed E-state index contributed by atoms with van der Waals surface area (Å²) in [5.74, 6) is 0. The summed E-state index contributed by atoms with van der Waals surface area (Å²) in [7, 11) is 1.41. The third-order valence-corrected chi connectivity index (χ3v) is 3.27. The summed E-state index contributed by atoms with van der Waals surface area (Å²) in [5, 5.41) is 2.81. The molecule has 0 aliphatic rings. The van der Waals surface area contributed by atoms with E-state index in [9.17, 15) is 4.89 Å². The summed E-state index contributed by atoms with van der Waals surface area (Å²) in [6.07, 6.45) is 0.933. The van der Waals surface area contributed by atoms with Crippen LogP contribution in [0, 0.1) is 0 Å². The molecule has 0 spiro atoms. The van der Waals surface area contributed by atoms with Gasteiger partial charge in [-0.1, -0.05) is 6.92 Å². The van der Waals surface area contributed by atoms with Crippen molar-refractivity contribution in [1.82, 2.24) is 5.09 Å². The molecule has 3 nitrogen and oxygen atoms in total. The van der Waals surface area contributed by atoms with Crippen molar-refractivity contribution in [1.29, 1.82) is 0 Å². The van der Waals surface area contributed by atoms with Crippen LogP contribution in [0.25, 0.3) is 0 Å². The molecule has 63 valence electrons. The van der Waals surface area contributed by atoms with Crippen LogP contribution in [-0.2, 0) is 16.3 Å². The van der Waals surface area contributed by atoms with Crippen molar-refractivity contribution in [2.75, 3.05) is 7.11 Å². The molecule has 0 amide bonds. The van der Waals surface area contributed by atoms with E-state index in [1.165, 1.54) is 7.11 Å². The number of nitrogens with one attached hydrogen (secondary N) is 1. The average Bonchev–Trinajstić information content (AvgIpc) is 1.87. The van der Waals surface area contributed by atoms with Gasteiger partial charge in [-0.05, 0) is 25.2 Å². The van der Waals surface area contributed by atoms with Gasteiger partial charge in [-0.2, -0.15) is 0 Å². The van der Waals surface area contributed by atoms with E-state index in [1.54, 1.807) is 0 Å². The molecule has 2 atom stereocenters. The summed E-state index contributed by atoms with van der Waals surface area (Å²) in [6.45, 7) is 1.31. The second kappa shape index (κ2) is 6.98. The minimum Gasteiger partial charge on any atom is -0.334 e. The number of hydrogen-bond donors (Lipinski definition) is 2. The summed E-state index contributed by atoms with van der Waals surface area (Å²) in [4.78, 5) is 9.22. The van der Waals surface area contributed by atoms with E-state index < -0.39 is 6.64 Å². The first-order valence-corrected chi connectivity index (χ1v) is 5.85. The standard InChI is InChI=1S/C5H14NO2PS.Na/c1-4-5(2)6-9(7,10)8-3;/h5H,4H2,1-3H3,(H2,6,7,10);. The Morgan fingerprint density at radius 2 is 2.18 bits per heavy atom. The molecule has 0 saturated carbocycles. The fraction of sp³-hybridized carbons (Fsp3) is 1.00. The van der Waals surface area contributed by atoms with Gasteiger partial charge in [0.1, 0.15) is 0 Å². The Balaban J connectivity index is 0. The van der Waals surface area contributed by atoms with Crippen LogP contribution in [0.3, 0.4) is 0 Å². The molecule has 0 rings (SSSR count). The van der Waals surface area contributed by atoms with Gasteiger partial charge in [0.2, 0.25) is 0 Å². The van der Waals surface area contributed by atoms with Crippen molar-refractivity contribution in [3.05, 3.63) is 0 Å². The predicted molar refractivity (Wildman–Crippen MR) is 52.2 cm³/mol. The summed E-state index contributed by atoms with van der Waals surface area (Å²) in [5.41, 5.74) is 0. The second-order valence-electron chi connectivity index (χ2n) is 2.14. The molecule has 0 saturated heterocycles. The van der Waals surface area contributed by atoms with Crippen LogP contribution < -0.4 is 5.09 Å². The van der Waals surface area contributed by atoms with Gasteiger partial charge in [-0.3, -0.25) is 0 Å². The molecule has 0 aromatic carbocycles. The number of hydrogen-bond acceptors (Lipinski definition) is 2. The van der Waals surface area contributed by atoms with Gasteiger partial charge < -0.3 is 9.42 Å². The molecule has 2 N–H and O–H groups in total. The third kappa shape index (κ3) is 7.88. The van der Waals surface area contributed by atoms with E-state index in [0.717, 1.165) is 6.42 Å². The molecular formula is C5H14NNaO2PS. The van der Waals surface area contributed by atoms with Gasteiger partial charge in [-0.25, -0.2) is 5.09 Å². The first-order chi connectivity index (χ1) is 4.52. The topological polar surface area (TPSA) is 41.5 Å². The third-order valence-electron chi connectivity index (χ3n) is 1.24. The molecule has 0 aromatic rings. The van der Waals surface area contributed by atoms with Crippen LogP contribution in [0.15, 0.2) is 0 Å². The maximum atomic E-state index is 9.22. The maximum absolute atomic E-state index is 9.22. The Morgan fingerprint density at radius 1 is 1.73 bits per heavy atom. The zero-order valence-corrected chi connectivity index (χ0v) is 11.2. The van der Waals surface area contributed by atoms with Crippen molar-refractivity contribution in [2.24, 2.45) is 0 Å². The van der Waals surface area contributed by atoms with Crippen LogP contribution in [0.4, 0.5) is 0 Å². The van der Waals surface area contributed by atoms with Crippen molar-refractivity contribution >= 4 is 48.0 Å². The molecular weight excluding hydrogens is 192 g/mol. The summed E-state index contributed by atoms with van der Waals surface area (Å²) in [6, 6.07) is 0.218. The first kappa shape index (κ1) is 15.0. The Labute approximate surface area is 95.4 Å². The minimum absolute atomic E-state index is 0. The molecule has 0 aliphatic carbocycles. The SMILES string of the molecule is CCC(C)NP(O)(=S)OC.[Na]. The van der Waals surface area contributed by atoms with Crippen LogP contribution in [0.1, 0.15) is 20.3 Å². The van der Waals surface area contributed by atoms with Gasteiger partial charge in [-0.15, -0.1) is 0 Å². The molecule has 0 bridgehead atoms. The van der Waals surface area contributed by atoms with E-state index in [4.69, 9.17) is 11.8 Å². The predicted octanol–water partition coefficient (Wildman–Crippen LogP) is 0.857. The van der Waals surface area contributed by atoms with Crippen molar-refractivity contribution in [2.45, 2.75) is 26.3 Å². The maximum Gasteiger partial charge on any atom is 0.258 e. The normalized spacial score (nSPS) is 18.2. The van der Waals surface area contributed by atoms with Crippen LogP contribution in [0.5, 0.6) is 0 Å². The van der Waals surface area contributed by atoms with Crippen molar-refractivity contribution < 1.29 is 9.42 Å². The van der Waals surface area contributed by atoms with Gasteiger partial charge in [0.25, 0.3) is 6.64 Å². The Morgan fingerprint density at radius 3 is 2.45 bits per heavy atom. The molecule has 0 fully saturated rings. The van der Waals surface area contributed by atoms with Gasteiger partial charge in [0, 0.05) is 42.7 Å². The largest absolute Gasteiger partial charge is 0.334 e. The van der Waals surface area contributed by atoms with E-state index in [0.29, 0.717) is 0 Å². The zero-order valence-electron chi connectivity index (χ0n) is 7.50. The number of rotatable bonds is 4. The van der Waals surface area contributed by atoms with E-state index in [1.807, 2.05) is 13.8 Å². The Kier molecular flexibility index (Phi) is 9.54. The summed E-state index contributed by atoms with van der Waals surface area (Å²) >= 11 is 4.72.